The van der Waals surface area contributed by atoms with E-state index in [9.17, 15) is 9.59 Å². The first-order chi connectivity index (χ1) is 14.5. The third-order valence-corrected chi connectivity index (χ3v) is 5.30. The van der Waals surface area contributed by atoms with Gasteiger partial charge in [0.15, 0.2) is 5.17 Å². The Bertz CT molecular complexity index is 966. The smallest absolute Gasteiger partial charge is 0.338 e. The number of aliphatic imine (C=N–C) groups is 1. The molecule has 0 aliphatic carbocycles. The van der Waals surface area contributed by atoms with Gasteiger partial charge in [-0.3, -0.25) is 9.69 Å². The number of ether oxygens (including phenoxy) is 2. The van der Waals surface area contributed by atoms with Crippen LogP contribution in [0.4, 0.5) is 5.69 Å². The Hall–Kier alpha value is -3.06. The minimum atomic E-state index is -0.363. The fourth-order valence-corrected chi connectivity index (χ4v) is 3.91. The number of nitrogens with zero attached hydrogens (tertiary/aromatic N) is 2. The zero-order chi connectivity index (χ0) is 21.5. The van der Waals surface area contributed by atoms with Crippen LogP contribution in [0.5, 0.6) is 5.75 Å². The molecule has 3 rings (SSSR count). The highest BCUT2D eigenvalue weighted by molar-refractivity contribution is 8.18. The summed E-state index contributed by atoms with van der Waals surface area (Å²) in [4.78, 5) is 31.4. The monoisotopic (exact) mass is 424 g/mol. The Morgan fingerprint density at radius 3 is 2.33 bits per heavy atom. The van der Waals surface area contributed by atoms with E-state index >= 15 is 0 Å². The molecular formula is C23H24N2O4S. The second-order valence-electron chi connectivity index (χ2n) is 6.32. The van der Waals surface area contributed by atoms with Crippen molar-refractivity contribution in [2.24, 2.45) is 4.99 Å². The number of carbonyl (C=O) groups is 2. The summed E-state index contributed by atoms with van der Waals surface area (Å²) < 4.78 is 10.5. The molecule has 0 spiro atoms. The number of thioether (sulfide) groups is 1. The van der Waals surface area contributed by atoms with Crippen molar-refractivity contribution in [1.29, 1.82) is 0 Å². The predicted octanol–water partition coefficient (Wildman–Crippen LogP) is 4.89. The van der Waals surface area contributed by atoms with Gasteiger partial charge in [-0.05, 0) is 80.6 Å². The van der Waals surface area contributed by atoms with Crippen LogP contribution in [0.1, 0.15) is 36.7 Å². The first-order valence-electron chi connectivity index (χ1n) is 9.85. The molecule has 1 aliphatic heterocycles. The minimum Gasteiger partial charge on any atom is -0.494 e. The molecule has 2 aromatic rings. The summed E-state index contributed by atoms with van der Waals surface area (Å²) in [5.74, 6) is 0.366. The van der Waals surface area contributed by atoms with Crippen molar-refractivity contribution in [3.05, 3.63) is 64.6 Å². The number of benzene rings is 2. The van der Waals surface area contributed by atoms with Gasteiger partial charge < -0.3 is 9.47 Å². The van der Waals surface area contributed by atoms with Crippen LogP contribution in [0.2, 0.25) is 0 Å². The summed E-state index contributed by atoms with van der Waals surface area (Å²) >= 11 is 1.34. The zero-order valence-electron chi connectivity index (χ0n) is 17.3. The Morgan fingerprint density at radius 1 is 1.03 bits per heavy atom. The number of amidine groups is 1. The lowest BCUT2D eigenvalue weighted by Gasteiger charge is -2.12. The van der Waals surface area contributed by atoms with Crippen molar-refractivity contribution in [2.75, 3.05) is 19.8 Å². The standard InChI is InChI=1S/C23H24N2O4S/c1-4-25-21(26)20(15-16-7-13-19(14-8-16)28-5-2)30-23(25)24-18-11-9-17(10-12-18)22(27)29-6-3/h7-15H,4-6H2,1-3H3/b20-15-,24-23?. The molecule has 1 fully saturated rings. The second-order valence-corrected chi connectivity index (χ2v) is 7.33. The molecule has 0 radical (unpaired) electrons. The molecule has 156 valence electrons. The Morgan fingerprint density at radius 2 is 1.73 bits per heavy atom. The molecule has 0 unspecified atom stereocenters. The Kier molecular flexibility index (Phi) is 7.30. The van der Waals surface area contributed by atoms with Gasteiger partial charge in [-0.15, -0.1) is 0 Å². The highest BCUT2D eigenvalue weighted by Gasteiger charge is 2.32. The van der Waals surface area contributed by atoms with Crippen LogP contribution in [0.15, 0.2) is 58.4 Å². The van der Waals surface area contributed by atoms with Crippen molar-refractivity contribution < 1.29 is 19.1 Å². The van der Waals surface area contributed by atoms with Crippen molar-refractivity contribution in [3.8, 4) is 5.75 Å². The molecule has 1 heterocycles. The molecule has 0 N–H and O–H groups in total. The van der Waals surface area contributed by atoms with E-state index in [4.69, 9.17) is 9.47 Å². The molecular weight excluding hydrogens is 400 g/mol. The lowest BCUT2D eigenvalue weighted by atomic mass is 10.2. The fraction of sp³-hybridized carbons (Fsp3) is 0.261. The van der Waals surface area contributed by atoms with Crippen LogP contribution in [0.25, 0.3) is 6.08 Å². The number of amides is 1. The van der Waals surface area contributed by atoms with E-state index in [2.05, 4.69) is 4.99 Å². The molecule has 0 atom stereocenters. The van der Waals surface area contributed by atoms with Crippen molar-refractivity contribution in [2.45, 2.75) is 20.8 Å². The molecule has 0 saturated carbocycles. The van der Waals surface area contributed by atoms with Gasteiger partial charge >= 0.3 is 5.97 Å². The van der Waals surface area contributed by atoms with E-state index in [0.29, 0.717) is 41.1 Å². The highest BCUT2D eigenvalue weighted by atomic mass is 32.2. The number of carbonyl (C=O) groups excluding carboxylic acids is 2. The maximum Gasteiger partial charge on any atom is 0.338 e. The van der Waals surface area contributed by atoms with Crippen molar-refractivity contribution in [1.82, 2.24) is 4.90 Å². The lowest BCUT2D eigenvalue weighted by Crippen LogP contribution is -2.28. The first-order valence-corrected chi connectivity index (χ1v) is 10.7. The second kappa shape index (κ2) is 10.1. The van der Waals surface area contributed by atoms with Crippen LogP contribution < -0.4 is 4.74 Å². The zero-order valence-corrected chi connectivity index (χ0v) is 18.1. The van der Waals surface area contributed by atoms with Gasteiger partial charge in [-0.1, -0.05) is 12.1 Å². The fourth-order valence-electron chi connectivity index (χ4n) is 2.85. The van der Waals surface area contributed by atoms with E-state index in [0.717, 1.165) is 11.3 Å². The molecule has 0 aromatic heterocycles. The van der Waals surface area contributed by atoms with Gasteiger partial charge in [0.25, 0.3) is 5.91 Å². The topological polar surface area (TPSA) is 68.2 Å². The lowest BCUT2D eigenvalue weighted by molar-refractivity contribution is -0.122. The van der Waals surface area contributed by atoms with Crippen LogP contribution in [0, 0.1) is 0 Å². The average molecular weight is 425 g/mol. The predicted molar refractivity (Wildman–Crippen MR) is 120 cm³/mol. The number of rotatable bonds is 7. The summed E-state index contributed by atoms with van der Waals surface area (Å²) in [6, 6.07) is 14.4. The van der Waals surface area contributed by atoms with Crippen molar-refractivity contribution >= 4 is 40.6 Å². The Labute approximate surface area is 180 Å². The van der Waals surface area contributed by atoms with E-state index in [1.807, 2.05) is 44.2 Å². The van der Waals surface area contributed by atoms with Crippen LogP contribution >= 0.6 is 11.8 Å². The molecule has 2 aromatic carbocycles. The van der Waals surface area contributed by atoms with E-state index in [1.54, 1.807) is 36.1 Å². The van der Waals surface area contributed by atoms with Crippen LogP contribution in [0.3, 0.4) is 0 Å². The molecule has 1 amide bonds. The minimum absolute atomic E-state index is 0.0710. The molecule has 1 saturated heterocycles. The van der Waals surface area contributed by atoms with Crippen LogP contribution in [-0.4, -0.2) is 41.7 Å². The maximum atomic E-state index is 12.8. The summed E-state index contributed by atoms with van der Waals surface area (Å²) in [6.45, 7) is 7.08. The molecule has 1 aliphatic rings. The number of likely N-dealkylation sites (N-methyl/N-ethyl adjacent to an activating group) is 1. The van der Waals surface area contributed by atoms with Gasteiger partial charge in [-0.2, -0.15) is 0 Å². The van der Waals surface area contributed by atoms with E-state index < -0.39 is 0 Å². The normalized spacial score (nSPS) is 16.4. The summed E-state index contributed by atoms with van der Waals surface area (Å²) in [5.41, 5.74) is 2.06. The Balaban J connectivity index is 1.80. The van der Waals surface area contributed by atoms with Gasteiger partial charge in [-0.25, -0.2) is 9.79 Å². The first kappa shape index (κ1) is 21.6. The van der Waals surface area contributed by atoms with Gasteiger partial charge in [0.2, 0.25) is 0 Å². The number of esters is 1. The average Bonchev–Trinajstić information content (AvgIpc) is 3.04. The molecule has 0 bridgehead atoms. The van der Waals surface area contributed by atoms with Gasteiger partial charge in [0.05, 0.1) is 29.4 Å². The number of hydrogen-bond acceptors (Lipinski definition) is 6. The van der Waals surface area contributed by atoms with Crippen LogP contribution in [-0.2, 0) is 9.53 Å². The van der Waals surface area contributed by atoms with Crippen molar-refractivity contribution in [3.63, 3.8) is 0 Å². The third-order valence-electron chi connectivity index (χ3n) is 4.30. The SMILES string of the molecule is CCOC(=O)c1ccc(N=C2S/C(=C\c3ccc(OCC)cc3)C(=O)N2CC)cc1. The number of hydrogen-bond donors (Lipinski definition) is 0. The summed E-state index contributed by atoms with van der Waals surface area (Å²) in [6.07, 6.45) is 1.86. The highest BCUT2D eigenvalue weighted by Crippen LogP contribution is 2.34. The third kappa shape index (κ3) is 5.10. The molecule has 7 heteroatoms. The summed E-state index contributed by atoms with van der Waals surface area (Å²) in [5, 5.41) is 0.614. The maximum absolute atomic E-state index is 12.8. The van der Waals surface area contributed by atoms with E-state index in [1.165, 1.54) is 11.8 Å². The quantitative estimate of drug-likeness (QED) is 0.468. The molecule has 6 nitrogen and oxygen atoms in total. The summed E-state index contributed by atoms with van der Waals surface area (Å²) in [7, 11) is 0. The molecule has 30 heavy (non-hydrogen) atoms. The largest absolute Gasteiger partial charge is 0.494 e. The van der Waals surface area contributed by atoms with Gasteiger partial charge in [0, 0.05) is 6.54 Å². The van der Waals surface area contributed by atoms with Gasteiger partial charge in [0.1, 0.15) is 5.75 Å². The van der Waals surface area contributed by atoms with E-state index in [-0.39, 0.29) is 11.9 Å².